The molecule has 0 aromatic carbocycles. The molecule has 0 rings (SSSR count). The van der Waals surface area contributed by atoms with Crippen LogP contribution >= 0.6 is 7.26 Å². The van der Waals surface area contributed by atoms with E-state index < -0.39 is 13.2 Å². The van der Waals surface area contributed by atoms with Crippen molar-refractivity contribution in [2.24, 2.45) is 5.92 Å². The Morgan fingerprint density at radius 3 is 0.821 bits per heavy atom. The fourth-order valence-corrected chi connectivity index (χ4v) is 10.5. The summed E-state index contributed by atoms with van der Waals surface area (Å²) in [7, 11) is -0.697. The van der Waals surface area contributed by atoms with E-state index in [1.54, 1.807) is 64.2 Å². The SMILES string of the molecule is CC(C)C(=O)[O-].CCCCCCCCCCCCCC[P+](CCCCCC)(CCCCCC)CCCCCC. The van der Waals surface area contributed by atoms with Gasteiger partial charge in [0.1, 0.15) is 0 Å². The van der Waals surface area contributed by atoms with Crippen molar-refractivity contribution in [1.82, 2.24) is 0 Å². The van der Waals surface area contributed by atoms with Crippen molar-refractivity contribution < 1.29 is 9.90 Å². The smallest absolute Gasteiger partial charge is 0.0594 e. The highest BCUT2D eigenvalue weighted by atomic mass is 31.2. The van der Waals surface area contributed by atoms with Gasteiger partial charge in [-0.2, -0.15) is 0 Å². The van der Waals surface area contributed by atoms with Gasteiger partial charge in [-0.25, -0.2) is 0 Å². The molecule has 0 N–H and O–H groups in total. The molecular weight excluding hydrogens is 495 g/mol. The van der Waals surface area contributed by atoms with Crippen LogP contribution in [0.2, 0.25) is 0 Å². The van der Waals surface area contributed by atoms with Crippen LogP contribution in [0.4, 0.5) is 0 Å². The third kappa shape index (κ3) is 30.7. The average molecular weight is 571 g/mol. The first-order valence-corrected chi connectivity index (χ1v) is 20.5. The fourth-order valence-electron chi connectivity index (χ4n) is 5.58. The van der Waals surface area contributed by atoms with Crippen LogP contribution in [0.25, 0.3) is 0 Å². The third-order valence-corrected chi connectivity index (χ3v) is 13.5. The van der Waals surface area contributed by atoms with Gasteiger partial charge in [0.15, 0.2) is 0 Å². The molecule has 0 radical (unpaired) electrons. The molecule has 2 nitrogen and oxygen atoms in total. The van der Waals surface area contributed by atoms with Crippen molar-refractivity contribution in [2.75, 3.05) is 24.6 Å². The zero-order valence-electron chi connectivity index (χ0n) is 28.1. The maximum Gasteiger partial charge on any atom is 0.0594 e. The molecule has 0 aromatic rings. The second kappa shape index (κ2) is 32.4. The van der Waals surface area contributed by atoms with Crippen LogP contribution in [0.1, 0.15) is 196 Å². The summed E-state index contributed by atoms with van der Waals surface area (Å²) in [4.78, 5) is 9.59. The van der Waals surface area contributed by atoms with Crippen LogP contribution in [-0.2, 0) is 4.79 Å². The van der Waals surface area contributed by atoms with Crippen LogP contribution in [0, 0.1) is 5.92 Å². The minimum atomic E-state index is -0.991. The molecule has 39 heavy (non-hydrogen) atoms. The molecule has 0 unspecified atom stereocenters. The van der Waals surface area contributed by atoms with Crippen molar-refractivity contribution >= 4 is 13.2 Å². The minimum Gasteiger partial charge on any atom is -0.550 e. The summed E-state index contributed by atoms with van der Waals surface area (Å²) in [6, 6.07) is 0. The van der Waals surface area contributed by atoms with Gasteiger partial charge in [0, 0.05) is 13.2 Å². The molecule has 3 heteroatoms. The topological polar surface area (TPSA) is 40.1 Å². The van der Waals surface area contributed by atoms with Crippen LogP contribution in [-0.4, -0.2) is 30.6 Å². The first-order valence-electron chi connectivity index (χ1n) is 17.9. The van der Waals surface area contributed by atoms with Crippen LogP contribution in [0.15, 0.2) is 0 Å². The third-order valence-electron chi connectivity index (χ3n) is 8.42. The number of carbonyl (C=O) groups excluding carboxylic acids is 1. The molecule has 0 atom stereocenters. The predicted molar refractivity (Wildman–Crippen MR) is 180 cm³/mol. The number of hydrogen-bond acceptors (Lipinski definition) is 2. The first-order chi connectivity index (χ1) is 18.9. The Bertz CT molecular complexity index is 445. The van der Waals surface area contributed by atoms with Gasteiger partial charge >= 0.3 is 0 Å². The molecule has 236 valence electrons. The first kappa shape index (κ1) is 41.0. The van der Waals surface area contributed by atoms with E-state index in [9.17, 15) is 9.90 Å². The normalized spacial score (nSPS) is 11.6. The van der Waals surface area contributed by atoms with Crippen LogP contribution in [0.5, 0.6) is 0 Å². The maximum atomic E-state index is 9.59. The molecular formula is C36H75O2P. The Hall–Kier alpha value is -0.100. The van der Waals surface area contributed by atoms with Gasteiger partial charge in [0.2, 0.25) is 0 Å². The van der Waals surface area contributed by atoms with Gasteiger partial charge in [0.25, 0.3) is 0 Å². The van der Waals surface area contributed by atoms with Gasteiger partial charge in [-0.3, -0.25) is 0 Å². The van der Waals surface area contributed by atoms with Gasteiger partial charge in [-0.1, -0.05) is 144 Å². The zero-order valence-corrected chi connectivity index (χ0v) is 29.0. The monoisotopic (exact) mass is 571 g/mol. The Kier molecular flexibility index (Phi) is 34.1. The van der Waals surface area contributed by atoms with Gasteiger partial charge in [0.05, 0.1) is 24.6 Å². The molecule has 0 bridgehead atoms. The molecule has 0 amide bonds. The molecule has 0 aliphatic carbocycles. The molecule has 0 heterocycles. The van der Waals surface area contributed by atoms with Crippen LogP contribution in [0.3, 0.4) is 0 Å². The number of carboxylic acids is 1. The number of carboxylic acid groups (broad SMARTS) is 1. The molecule has 0 saturated heterocycles. The van der Waals surface area contributed by atoms with E-state index in [4.69, 9.17) is 0 Å². The average Bonchev–Trinajstić information content (AvgIpc) is 2.92. The number of aliphatic carboxylic acids is 1. The minimum absolute atomic E-state index is 0.343. The van der Waals surface area contributed by atoms with E-state index in [2.05, 4.69) is 27.7 Å². The van der Waals surface area contributed by atoms with Crippen molar-refractivity contribution in [2.45, 2.75) is 196 Å². The largest absolute Gasteiger partial charge is 0.550 e. The lowest BCUT2D eigenvalue weighted by Gasteiger charge is -2.28. The van der Waals surface area contributed by atoms with E-state index >= 15 is 0 Å². The Morgan fingerprint density at radius 1 is 0.436 bits per heavy atom. The summed E-state index contributed by atoms with van der Waals surface area (Å²) in [6.45, 7) is 12.6. The second-order valence-electron chi connectivity index (χ2n) is 12.8. The highest BCUT2D eigenvalue weighted by molar-refractivity contribution is 7.75. The van der Waals surface area contributed by atoms with E-state index in [0.717, 1.165) is 0 Å². The van der Waals surface area contributed by atoms with Crippen molar-refractivity contribution in [1.29, 1.82) is 0 Å². The highest BCUT2D eigenvalue weighted by Gasteiger charge is 2.34. The zero-order chi connectivity index (χ0) is 29.5. The van der Waals surface area contributed by atoms with E-state index in [-0.39, 0.29) is 5.92 Å². The fraction of sp³-hybridized carbons (Fsp3) is 0.972. The lowest BCUT2D eigenvalue weighted by Crippen LogP contribution is -2.27. The Morgan fingerprint density at radius 2 is 0.615 bits per heavy atom. The Labute approximate surface area is 249 Å². The quantitative estimate of drug-likeness (QED) is 0.0662. The predicted octanol–water partition coefficient (Wildman–Crippen LogP) is 11.8. The van der Waals surface area contributed by atoms with Gasteiger partial charge < -0.3 is 9.90 Å². The molecule has 0 spiro atoms. The highest BCUT2D eigenvalue weighted by Crippen LogP contribution is 2.61. The van der Waals surface area contributed by atoms with E-state index in [1.165, 1.54) is 128 Å². The molecule has 0 aromatic heterocycles. The number of unbranched alkanes of at least 4 members (excludes halogenated alkanes) is 20. The lowest BCUT2D eigenvalue weighted by molar-refractivity contribution is -0.310. The van der Waals surface area contributed by atoms with E-state index in [0.29, 0.717) is 0 Å². The molecule has 0 aliphatic rings. The van der Waals surface area contributed by atoms with E-state index in [1.807, 2.05) is 0 Å². The number of carbonyl (C=O) groups is 1. The van der Waals surface area contributed by atoms with Crippen molar-refractivity contribution in [3.63, 3.8) is 0 Å². The molecule has 0 fully saturated rings. The molecule has 0 saturated carbocycles. The van der Waals surface area contributed by atoms with Gasteiger partial charge in [-0.05, 0) is 57.3 Å². The summed E-state index contributed by atoms with van der Waals surface area (Å²) in [5.41, 5.74) is 0. The second-order valence-corrected chi connectivity index (χ2v) is 17.3. The summed E-state index contributed by atoms with van der Waals surface area (Å²) in [6.07, 6.45) is 42.1. The summed E-state index contributed by atoms with van der Waals surface area (Å²) in [5.74, 6) is -1.33. The van der Waals surface area contributed by atoms with Gasteiger partial charge in [-0.15, -0.1) is 0 Å². The van der Waals surface area contributed by atoms with Crippen molar-refractivity contribution in [3.8, 4) is 0 Å². The summed E-state index contributed by atoms with van der Waals surface area (Å²) >= 11 is 0. The lowest BCUT2D eigenvalue weighted by atomic mass is 10.1. The van der Waals surface area contributed by atoms with Crippen molar-refractivity contribution in [3.05, 3.63) is 0 Å². The summed E-state index contributed by atoms with van der Waals surface area (Å²) in [5, 5.41) is 9.59. The number of rotatable bonds is 29. The summed E-state index contributed by atoms with van der Waals surface area (Å²) < 4.78 is 0. The standard InChI is InChI=1S/C32H68P.C4H8O2/c1-5-9-13-17-18-19-20-21-22-23-24-28-32-33(29-25-14-10-6-2,30-26-15-11-7-3)31-27-16-12-8-4;1-3(2)4(5)6/h5-32H2,1-4H3;3H,1-2H3,(H,5,6)/q+1;/p-1. The maximum absolute atomic E-state index is 9.59. The number of hydrogen-bond donors (Lipinski definition) is 0. The Balaban J connectivity index is 0. The van der Waals surface area contributed by atoms with Crippen LogP contribution < -0.4 is 5.11 Å². The molecule has 0 aliphatic heterocycles.